The van der Waals surface area contributed by atoms with Crippen molar-refractivity contribution in [2.75, 3.05) is 0 Å². The minimum absolute atomic E-state index is 0.0149. The number of hydrogen-bond acceptors (Lipinski definition) is 5. The molecule has 0 bridgehead atoms. The van der Waals surface area contributed by atoms with Gasteiger partial charge >= 0.3 is 12.1 Å². The van der Waals surface area contributed by atoms with Gasteiger partial charge in [0.15, 0.2) is 5.69 Å². The van der Waals surface area contributed by atoms with Crippen LogP contribution in [0.4, 0.5) is 17.6 Å². The summed E-state index contributed by atoms with van der Waals surface area (Å²) in [6.07, 6.45) is -2.53. The zero-order valence-electron chi connectivity index (χ0n) is 19.2. The summed E-state index contributed by atoms with van der Waals surface area (Å²) in [5, 5.41) is 14.9. The van der Waals surface area contributed by atoms with E-state index in [2.05, 4.69) is 10.1 Å². The molecule has 35 heavy (non-hydrogen) atoms. The number of carbonyl (C=O) groups is 1. The molecule has 1 aliphatic carbocycles. The normalized spacial score (nSPS) is 16.6. The number of benzene rings is 1. The van der Waals surface area contributed by atoms with E-state index in [1.165, 1.54) is 46.0 Å². The number of alkyl halides is 3. The third-order valence-electron chi connectivity index (χ3n) is 5.66. The predicted molar refractivity (Wildman–Crippen MR) is 129 cm³/mol. The molecule has 1 N–H and O–H groups in total. The number of hydrogen-bond donors (Lipinski definition) is 1. The van der Waals surface area contributed by atoms with Gasteiger partial charge in [0.2, 0.25) is 5.13 Å². The van der Waals surface area contributed by atoms with Gasteiger partial charge < -0.3 is 5.11 Å². The second-order valence-electron chi connectivity index (χ2n) is 8.58. The minimum atomic E-state index is -4.24. The van der Waals surface area contributed by atoms with E-state index in [-0.39, 0.29) is 35.8 Å². The van der Waals surface area contributed by atoms with Crippen molar-refractivity contribution in [1.29, 1.82) is 0 Å². The molecule has 0 saturated carbocycles. The smallest absolute Gasteiger partial charge is 0.392 e. The molecule has 1 atom stereocenters. The van der Waals surface area contributed by atoms with Gasteiger partial charge in [-0.1, -0.05) is 43.4 Å². The second kappa shape index (κ2) is 9.77. The van der Waals surface area contributed by atoms with E-state index in [9.17, 15) is 27.5 Å². The van der Waals surface area contributed by atoms with Gasteiger partial charge in [-0.25, -0.2) is 14.2 Å². The number of nitrogens with zero attached hydrogens (tertiary/aromatic N) is 3. The van der Waals surface area contributed by atoms with Crippen molar-refractivity contribution in [3.8, 4) is 16.3 Å². The number of aryl methyl sites for hydroxylation is 1. The number of rotatable bonds is 6. The Morgan fingerprint density at radius 3 is 2.63 bits per heavy atom. The molecule has 0 fully saturated rings. The van der Waals surface area contributed by atoms with Crippen LogP contribution in [0.2, 0.25) is 0 Å². The summed E-state index contributed by atoms with van der Waals surface area (Å²) in [5.74, 6) is -3.11. The molecular weight excluding hydrogens is 502 g/mol. The number of halogens is 4. The predicted octanol–water partition coefficient (Wildman–Crippen LogP) is 7.39. The Bertz CT molecular complexity index is 1290. The van der Waals surface area contributed by atoms with Crippen LogP contribution in [-0.4, -0.2) is 37.3 Å². The van der Waals surface area contributed by atoms with Gasteiger partial charge in [0, 0.05) is 10.8 Å². The van der Waals surface area contributed by atoms with E-state index in [1.54, 1.807) is 19.1 Å². The minimum Gasteiger partial charge on any atom is -0.476 e. The molecule has 2 heterocycles. The Morgan fingerprint density at radius 1 is 1.31 bits per heavy atom. The van der Waals surface area contributed by atoms with Gasteiger partial charge in [0.1, 0.15) is 5.82 Å². The van der Waals surface area contributed by atoms with Crippen LogP contribution in [0.25, 0.3) is 21.8 Å². The van der Waals surface area contributed by atoms with E-state index in [1.807, 2.05) is 13.8 Å². The molecule has 0 saturated heterocycles. The Balaban J connectivity index is 1.82. The maximum absolute atomic E-state index is 13.9. The monoisotopic (exact) mass is 525 g/mol. The standard InChI is InChI=1S/C24H23F4N3O2S2/c1-12(2)34-22-19(14-7-9-16(10-8-14)24(26,27)28)29-23(35-22)31-20(21(32)33)18(13(3)30-31)15-5-4-6-17(25)11-15/h4-7,11-12,16H,8-10H2,1-3H3,(H,32,33). The van der Waals surface area contributed by atoms with E-state index in [0.717, 1.165) is 9.78 Å². The lowest BCUT2D eigenvalue weighted by Crippen LogP contribution is -2.24. The number of thiazole rings is 1. The van der Waals surface area contributed by atoms with Crippen LogP contribution in [-0.2, 0) is 0 Å². The summed E-state index contributed by atoms with van der Waals surface area (Å²) >= 11 is 2.76. The highest BCUT2D eigenvalue weighted by atomic mass is 32.2. The fourth-order valence-electron chi connectivity index (χ4n) is 4.08. The molecule has 4 rings (SSSR count). The van der Waals surface area contributed by atoms with Crippen LogP contribution >= 0.6 is 23.1 Å². The van der Waals surface area contributed by atoms with Crippen LogP contribution in [0.1, 0.15) is 55.0 Å². The van der Waals surface area contributed by atoms with Gasteiger partial charge in [-0.15, -0.1) is 11.8 Å². The number of aromatic nitrogens is 3. The first kappa shape index (κ1) is 25.4. The summed E-state index contributed by atoms with van der Waals surface area (Å²) in [6, 6.07) is 5.63. The third kappa shape index (κ3) is 5.30. The van der Waals surface area contributed by atoms with Crippen LogP contribution in [0, 0.1) is 18.7 Å². The molecular formula is C24H23F4N3O2S2. The van der Waals surface area contributed by atoms with E-state index in [4.69, 9.17) is 0 Å². The fraction of sp³-hybridized carbons (Fsp3) is 0.375. The first-order valence-corrected chi connectivity index (χ1v) is 12.7. The molecule has 1 aromatic carbocycles. The highest BCUT2D eigenvalue weighted by Gasteiger charge is 2.40. The van der Waals surface area contributed by atoms with Gasteiger partial charge in [-0.3, -0.25) is 0 Å². The number of thioether (sulfide) groups is 1. The van der Waals surface area contributed by atoms with Gasteiger partial charge in [-0.05, 0) is 49.5 Å². The molecule has 2 aromatic heterocycles. The van der Waals surface area contributed by atoms with Crippen molar-refractivity contribution in [1.82, 2.24) is 14.8 Å². The third-order valence-corrected chi connectivity index (χ3v) is 7.91. The highest BCUT2D eigenvalue weighted by Crippen LogP contribution is 2.44. The maximum Gasteiger partial charge on any atom is 0.392 e. The number of aromatic carboxylic acids is 1. The number of allylic oxidation sites excluding steroid dienone is 2. The molecule has 0 radical (unpaired) electrons. The van der Waals surface area contributed by atoms with Crippen molar-refractivity contribution < 1.29 is 27.5 Å². The summed E-state index contributed by atoms with van der Waals surface area (Å²) in [6.45, 7) is 5.62. The largest absolute Gasteiger partial charge is 0.476 e. The van der Waals surface area contributed by atoms with Crippen LogP contribution in [0.15, 0.2) is 34.6 Å². The van der Waals surface area contributed by atoms with Crippen LogP contribution < -0.4 is 0 Å². The van der Waals surface area contributed by atoms with Crippen molar-refractivity contribution in [3.05, 3.63) is 53.2 Å². The lowest BCUT2D eigenvalue weighted by molar-refractivity contribution is -0.175. The van der Waals surface area contributed by atoms with Crippen molar-refractivity contribution in [2.45, 2.75) is 55.7 Å². The molecule has 186 valence electrons. The SMILES string of the molecule is Cc1nn(-c2nc(C3=CCC(C(F)(F)F)CC3)c(SC(C)C)s2)c(C(=O)O)c1-c1cccc(F)c1. The zero-order chi connectivity index (χ0) is 25.5. The van der Waals surface area contributed by atoms with E-state index < -0.39 is 23.9 Å². The van der Waals surface area contributed by atoms with Crippen molar-refractivity contribution in [2.24, 2.45) is 5.92 Å². The highest BCUT2D eigenvalue weighted by molar-refractivity contribution is 8.01. The number of carboxylic acid groups (broad SMARTS) is 1. The topological polar surface area (TPSA) is 68.0 Å². The lowest BCUT2D eigenvalue weighted by atomic mass is 9.88. The summed E-state index contributed by atoms with van der Waals surface area (Å²) in [7, 11) is 0. The molecule has 3 aromatic rings. The Morgan fingerprint density at radius 2 is 2.06 bits per heavy atom. The van der Waals surface area contributed by atoms with Crippen molar-refractivity contribution >= 4 is 34.6 Å². The first-order valence-electron chi connectivity index (χ1n) is 11.0. The average Bonchev–Trinajstić information content (AvgIpc) is 3.33. The molecule has 1 unspecified atom stereocenters. The fourth-order valence-corrected chi connectivity index (χ4v) is 6.59. The quantitative estimate of drug-likeness (QED) is 0.269. The van der Waals surface area contributed by atoms with E-state index in [0.29, 0.717) is 22.1 Å². The average molecular weight is 526 g/mol. The summed E-state index contributed by atoms with van der Waals surface area (Å²) in [4.78, 5) is 17.0. The Labute approximate surface area is 207 Å². The maximum atomic E-state index is 13.9. The summed E-state index contributed by atoms with van der Waals surface area (Å²) < 4.78 is 55.3. The molecule has 0 amide bonds. The van der Waals surface area contributed by atoms with Crippen LogP contribution in [0.5, 0.6) is 0 Å². The van der Waals surface area contributed by atoms with Gasteiger partial charge in [0.05, 0.1) is 21.5 Å². The molecule has 0 aliphatic heterocycles. The van der Waals surface area contributed by atoms with Crippen LogP contribution in [0.3, 0.4) is 0 Å². The second-order valence-corrected chi connectivity index (χ2v) is 11.4. The Kier molecular flexibility index (Phi) is 7.10. The molecule has 5 nitrogen and oxygen atoms in total. The summed E-state index contributed by atoms with van der Waals surface area (Å²) in [5.41, 5.74) is 2.21. The first-order chi connectivity index (χ1) is 16.5. The molecule has 0 spiro atoms. The molecule has 11 heteroatoms. The van der Waals surface area contributed by atoms with Crippen molar-refractivity contribution in [3.63, 3.8) is 0 Å². The van der Waals surface area contributed by atoms with E-state index >= 15 is 0 Å². The Hall–Kier alpha value is -2.66. The van der Waals surface area contributed by atoms with Gasteiger partial charge in [0.25, 0.3) is 0 Å². The number of carboxylic acids is 1. The zero-order valence-corrected chi connectivity index (χ0v) is 20.8. The van der Waals surface area contributed by atoms with Gasteiger partial charge in [-0.2, -0.15) is 23.0 Å². The lowest BCUT2D eigenvalue weighted by Gasteiger charge is -2.23. The molecule has 1 aliphatic rings.